The van der Waals surface area contributed by atoms with Crippen LogP contribution < -0.4 is 0 Å². The molecule has 0 saturated heterocycles. The molecule has 0 bridgehead atoms. The van der Waals surface area contributed by atoms with Crippen molar-refractivity contribution in [3.63, 3.8) is 0 Å². The molecule has 1 aliphatic heterocycles. The molecular formula is C15H10BrNO2S. The van der Waals surface area contributed by atoms with E-state index in [9.17, 15) is 4.79 Å². The Morgan fingerprint density at radius 2 is 1.95 bits per heavy atom. The van der Waals surface area contributed by atoms with Crippen LogP contribution >= 0.6 is 27.3 Å². The predicted molar refractivity (Wildman–Crippen MR) is 83.8 cm³/mol. The molecule has 0 saturated carbocycles. The van der Waals surface area contributed by atoms with Crippen LogP contribution in [0, 0.1) is 6.92 Å². The summed E-state index contributed by atoms with van der Waals surface area (Å²) in [5, 5.41) is 0. The number of carbonyl (C=O) groups excluding carboxylic acids is 1. The second-order valence-electron chi connectivity index (χ2n) is 4.34. The highest BCUT2D eigenvalue weighted by Gasteiger charge is 2.24. The van der Waals surface area contributed by atoms with Crippen LogP contribution in [0.3, 0.4) is 0 Å². The molecule has 5 heteroatoms. The molecule has 20 heavy (non-hydrogen) atoms. The third-order valence-electron chi connectivity index (χ3n) is 2.79. The van der Waals surface area contributed by atoms with Gasteiger partial charge in [-0.05, 0) is 53.2 Å². The average Bonchev–Trinajstić information content (AvgIpc) is 2.98. The normalized spacial score (nSPS) is 16.4. The smallest absolute Gasteiger partial charge is 0.363 e. The summed E-state index contributed by atoms with van der Waals surface area (Å²) < 4.78 is 6.23. The van der Waals surface area contributed by atoms with E-state index in [0.717, 1.165) is 19.8 Å². The molecule has 1 aliphatic rings. The van der Waals surface area contributed by atoms with Crippen molar-refractivity contribution in [2.75, 3.05) is 0 Å². The summed E-state index contributed by atoms with van der Waals surface area (Å²) in [6.45, 7) is 2.01. The zero-order valence-electron chi connectivity index (χ0n) is 10.6. The molecule has 0 amide bonds. The van der Waals surface area contributed by atoms with Gasteiger partial charge in [-0.1, -0.05) is 17.7 Å². The van der Waals surface area contributed by atoms with Crippen molar-refractivity contribution in [2.45, 2.75) is 6.92 Å². The molecule has 3 nitrogen and oxygen atoms in total. The largest absolute Gasteiger partial charge is 0.402 e. The van der Waals surface area contributed by atoms with Gasteiger partial charge in [0.1, 0.15) is 0 Å². The van der Waals surface area contributed by atoms with Crippen molar-refractivity contribution in [3.8, 4) is 0 Å². The minimum atomic E-state index is -0.412. The molecule has 1 aromatic heterocycles. The Balaban J connectivity index is 1.92. The number of hydrogen-bond acceptors (Lipinski definition) is 4. The Morgan fingerprint density at radius 3 is 2.60 bits per heavy atom. The maximum absolute atomic E-state index is 11.8. The zero-order chi connectivity index (χ0) is 14.1. The summed E-state index contributed by atoms with van der Waals surface area (Å²) >= 11 is 4.93. The lowest BCUT2D eigenvalue weighted by Gasteiger charge is -1.99. The standard InChI is InChI=1S/C15H10BrNO2S/c1-9-2-4-10(5-3-9)14-17-12(15(18)19-14)8-11-6-7-13(16)20-11/h2-8H,1H3. The van der Waals surface area contributed by atoms with Gasteiger partial charge in [-0.15, -0.1) is 11.3 Å². The first kappa shape index (κ1) is 13.3. The van der Waals surface area contributed by atoms with Gasteiger partial charge in [-0.2, -0.15) is 0 Å². The van der Waals surface area contributed by atoms with E-state index < -0.39 is 5.97 Å². The number of aliphatic imine (C=N–C) groups is 1. The number of rotatable bonds is 2. The third kappa shape index (κ3) is 2.73. The molecule has 0 N–H and O–H groups in total. The van der Waals surface area contributed by atoms with Crippen molar-refractivity contribution in [3.05, 3.63) is 61.9 Å². The first-order chi connectivity index (χ1) is 9.61. The second kappa shape index (κ2) is 5.34. The topological polar surface area (TPSA) is 38.7 Å². The van der Waals surface area contributed by atoms with E-state index in [2.05, 4.69) is 20.9 Å². The number of cyclic esters (lactones) is 1. The second-order valence-corrected chi connectivity index (χ2v) is 6.84. The SMILES string of the molecule is Cc1ccc(C2=NC(=Cc3ccc(Br)s3)C(=O)O2)cc1. The van der Waals surface area contributed by atoms with Crippen LogP contribution in [-0.2, 0) is 9.53 Å². The third-order valence-corrected chi connectivity index (χ3v) is 4.36. The van der Waals surface area contributed by atoms with Crippen LogP contribution in [0.2, 0.25) is 0 Å². The lowest BCUT2D eigenvalue weighted by molar-refractivity contribution is -0.129. The molecule has 0 spiro atoms. The highest BCUT2D eigenvalue weighted by atomic mass is 79.9. The van der Waals surface area contributed by atoms with Crippen LogP contribution in [0.25, 0.3) is 6.08 Å². The number of hydrogen-bond donors (Lipinski definition) is 0. The Kier molecular flexibility index (Phi) is 3.54. The van der Waals surface area contributed by atoms with Crippen LogP contribution in [-0.4, -0.2) is 11.9 Å². The van der Waals surface area contributed by atoms with Gasteiger partial charge < -0.3 is 4.74 Å². The van der Waals surface area contributed by atoms with Gasteiger partial charge in [0.15, 0.2) is 5.70 Å². The number of esters is 1. The summed E-state index contributed by atoms with van der Waals surface area (Å²) in [6, 6.07) is 11.6. The molecule has 1 aromatic carbocycles. The van der Waals surface area contributed by atoms with Gasteiger partial charge in [0, 0.05) is 10.4 Å². The minimum Gasteiger partial charge on any atom is -0.402 e. The molecule has 0 unspecified atom stereocenters. The summed E-state index contributed by atoms with van der Waals surface area (Å²) in [6.07, 6.45) is 1.74. The Hall–Kier alpha value is -1.72. The van der Waals surface area contributed by atoms with E-state index >= 15 is 0 Å². The first-order valence-electron chi connectivity index (χ1n) is 5.97. The molecule has 0 radical (unpaired) electrons. The van der Waals surface area contributed by atoms with Crippen molar-refractivity contribution in [1.29, 1.82) is 0 Å². The van der Waals surface area contributed by atoms with E-state index in [0.29, 0.717) is 11.6 Å². The van der Waals surface area contributed by atoms with Gasteiger partial charge >= 0.3 is 5.97 Å². The Morgan fingerprint density at radius 1 is 1.20 bits per heavy atom. The monoisotopic (exact) mass is 347 g/mol. The number of benzene rings is 1. The van der Waals surface area contributed by atoms with Crippen LogP contribution in [0.4, 0.5) is 0 Å². The van der Waals surface area contributed by atoms with Crippen molar-refractivity contribution < 1.29 is 9.53 Å². The van der Waals surface area contributed by atoms with E-state index in [1.54, 1.807) is 6.08 Å². The summed E-state index contributed by atoms with van der Waals surface area (Å²) in [5.74, 6) is -0.0537. The fourth-order valence-electron chi connectivity index (χ4n) is 1.77. The van der Waals surface area contributed by atoms with Crippen molar-refractivity contribution in [2.24, 2.45) is 4.99 Å². The Labute approximate surface area is 128 Å². The Bertz CT molecular complexity index is 729. The van der Waals surface area contributed by atoms with E-state index in [-0.39, 0.29) is 0 Å². The van der Waals surface area contributed by atoms with Gasteiger partial charge in [0.05, 0.1) is 3.79 Å². The highest BCUT2D eigenvalue weighted by molar-refractivity contribution is 9.11. The quantitative estimate of drug-likeness (QED) is 0.604. The number of nitrogens with zero attached hydrogens (tertiary/aromatic N) is 1. The van der Waals surface area contributed by atoms with Gasteiger partial charge in [0.25, 0.3) is 0 Å². The molecule has 2 aromatic rings. The lowest BCUT2D eigenvalue weighted by Crippen LogP contribution is -2.05. The van der Waals surface area contributed by atoms with E-state index in [1.165, 1.54) is 11.3 Å². The number of ether oxygens (including phenoxy) is 1. The highest BCUT2D eigenvalue weighted by Crippen LogP contribution is 2.26. The van der Waals surface area contributed by atoms with Gasteiger partial charge in [-0.3, -0.25) is 0 Å². The van der Waals surface area contributed by atoms with Gasteiger partial charge in [0.2, 0.25) is 5.90 Å². The molecule has 2 heterocycles. The van der Waals surface area contributed by atoms with E-state index in [4.69, 9.17) is 4.74 Å². The average molecular weight is 348 g/mol. The molecule has 0 aliphatic carbocycles. The van der Waals surface area contributed by atoms with Crippen molar-refractivity contribution >= 4 is 45.2 Å². The molecular weight excluding hydrogens is 338 g/mol. The summed E-state index contributed by atoms with van der Waals surface area (Å²) in [4.78, 5) is 17.1. The maximum atomic E-state index is 11.8. The van der Waals surface area contributed by atoms with Crippen molar-refractivity contribution in [1.82, 2.24) is 0 Å². The number of aryl methyl sites for hydroxylation is 1. The predicted octanol–water partition coefficient (Wildman–Crippen LogP) is 4.16. The molecule has 100 valence electrons. The molecule has 0 atom stereocenters. The van der Waals surface area contributed by atoms with Gasteiger partial charge in [-0.25, -0.2) is 9.79 Å². The van der Waals surface area contributed by atoms with Crippen LogP contribution in [0.15, 0.2) is 50.9 Å². The summed E-state index contributed by atoms with van der Waals surface area (Å²) in [5.41, 5.74) is 2.28. The minimum absolute atomic E-state index is 0.329. The number of carbonyl (C=O) groups is 1. The van der Waals surface area contributed by atoms with E-state index in [1.807, 2.05) is 43.3 Å². The number of halogens is 1. The van der Waals surface area contributed by atoms with Crippen LogP contribution in [0.5, 0.6) is 0 Å². The fourth-order valence-corrected chi connectivity index (χ4v) is 3.13. The zero-order valence-corrected chi connectivity index (χ0v) is 13.0. The fraction of sp³-hybridized carbons (Fsp3) is 0.0667. The first-order valence-corrected chi connectivity index (χ1v) is 7.58. The lowest BCUT2D eigenvalue weighted by atomic mass is 10.1. The summed E-state index contributed by atoms with van der Waals surface area (Å²) in [7, 11) is 0. The molecule has 3 rings (SSSR count). The number of thiophene rings is 1. The maximum Gasteiger partial charge on any atom is 0.363 e. The molecule has 0 fully saturated rings. The van der Waals surface area contributed by atoms with Crippen LogP contribution in [0.1, 0.15) is 16.0 Å².